The molecule has 102 valence electrons. The van der Waals surface area contributed by atoms with Gasteiger partial charge in [0.15, 0.2) is 0 Å². The van der Waals surface area contributed by atoms with Crippen LogP contribution in [0.2, 0.25) is 0 Å². The van der Waals surface area contributed by atoms with Crippen molar-refractivity contribution < 1.29 is 9.53 Å². The van der Waals surface area contributed by atoms with Gasteiger partial charge in [-0.1, -0.05) is 31.9 Å². The van der Waals surface area contributed by atoms with Gasteiger partial charge < -0.3 is 10.1 Å². The largest absolute Gasteiger partial charge is 0.494 e. The van der Waals surface area contributed by atoms with E-state index in [4.69, 9.17) is 10.00 Å². The molecule has 4 heteroatoms. The third kappa shape index (κ3) is 6.46. The first-order valence-electron chi connectivity index (χ1n) is 6.61. The highest BCUT2D eigenvalue weighted by Gasteiger charge is 2.01. The average molecular weight is 260 g/mol. The number of carbonyl (C=O) groups excluding carboxylic acids is 1. The molecule has 0 fully saturated rings. The Morgan fingerprint density at radius 3 is 3.00 bits per heavy atom. The van der Waals surface area contributed by atoms with Crippen LogP contribution in [0.5, 0.6) is 5.75 Å². The normalized spacial score (nSPS) is 9.68. The molecule has 4 nitrogen and oxygen atoms in total. The highest BCUT2D eigenvalue weighted by atomic mass is 16.5. The fraction of sp³-hybridized carbons (Fsp3) is 0.467. The van der Waals surface area contributed by atoms with Crippen LogP contribution in [0.4, 0.5) is 0 Å². The van der Waals surface area contributed by atoms with Gasteiger partial charge in [-0.3, -0.25) is 4.79 Å². The van der Waals surface area contributed by atoms with E-state index in [1.807, 2.05) is 30.3 Å². The summed E-state index contributed by atoms with van der Waals surface area (Å²) in [6, 6.07) is 9.47. The van der Waals surface area contributed by atoms with Crippen LogP contribution < -0.4 is 10.1 Å². The van der Waals surface area contributed by atoms with Crippen molar-refractivity contribution in [1.82, 2.24) is 5.32 Å². The summed E-state index contributed by atoms with van der Waals surface area (Å²) in [6.45, 7) is 3.30. The number of nitrogens with zero attached hydrogens (tertiary/aromatic N) is 1. The number of unbranched alkanes of at least 4 members (excludes halogenated alkanes) is 2. The fourth-order valence-corrected chi connectivity index (χ4v) is 1.62. The Balaban J connectivity index is 2.39. The number of hydrogen-bond donors (Lipinski definition) is 1. The van der Waals surface area contributed by atoms with Gasteiger partial charge in [-0.15, -0.1) is 0 Å². The molecule has 0 aliphatic carbocycles. The van der Waals surface area contributed by atoms with Crippen LogP contribution in [0, 0.1) is 11.3 Å². The molecule has 1 N–H and O–H groups in total. The summed E-state index contributed by atoms with van der Waals surface area (Å²) in [4.78, 5) is 11.2. The second-order valence-electron chi connectivity index (χ2n) is 4.31. The number of benzene rings is 1. The Hall–Kier alpha value is -2.02. The summed E-state index contributed by atoms with van der Waals surface area (Å²) >= 11 is 0. The van der Waals surface area contributed by atoms with E-state index >= 15 is 0 Å². The minimum Gasteiger partial charge on any atom is -0.494 e. The third-order valence-corrected chi connectivity index (χ3v) is 2.64. The molecule has 0 heterocycles. The Morgan fingerprint density at radius 2 is 2.26 bits per heavy atom. The lowest BCUT2D eigenvalue weighted by Crippen LogP contribution is -2.21. The maximum Gasteiger partial charge on any atom is 0.234 e. The predicted molar refractivity (Wildman–Crippen MR) is 73.5 cm³/mol. The number of rotatable bonds is 8. The van der Waals surface area contributed by atoms with Gasteiger partial charge in [-0.25, -0.2) is 0 Å². The molecule has 0 spiro atoms. The number of carbonyl (C=O) groups is 1. The van der Waals surface area contributed by atoms with Crippen LogP contribution in [-0.4, -0.2) is 12.5 Å². The minimum atomic E-state index is -0.253. The Labute approximate surface area is 114 Å². The van der Waals surface area contributed by atoms with E-state index < -0.39 is 0 Å². The number of amides is 1. The van der Waals surface area contributed by atoms with E-state index in [2.05, 4.69) is 12.2 Å². The van der Waals surface area contributed by atoms with Gasteiger partial charge in [0.05, 0.1) is 12.7 Å². The number of nitrogens with one attached hydrogen (secondary N) is 1. The SMILES string of the molecule is CCCCCOc1cccc(CNC(=O)CC#N)c1. The van der Waals surface area contributed by atoms with Crippen molar-refractivity contribution in [2.45, 2.75) is 39.2 Å². The molecule has 1 aromatic rings. The van der Waals surface area contributed by atoms with Crippen molar-refractivity contribution in [1.29, 1.82) is 5.26 Å². The van der Waals surface area contributed by atoms with Gasteiger partial charge in [0.2, 0.25) is 5.91 Å². The third-order valence-electron chi connectivity index (χ3n) is 2.64. The number of hydrogen-bond acceptors (Lipinski definition) is 3. The zero-order valence-corrected chi connectivity index (χ0v) is 11.3. The summed E-state index contributed by atoms with van der Waals surface area (Å²) < 4.78 is 5.64. The lowest BCUT2D eigenvalue weighted by molar-refractivity contribution is -0.120. The van der Waals surface area contributed by atoms with Crippen LogP contribution in [0.25, 0.3) is 0 Å². The van der Waals surface area contributed by atoms with Crippen molar-refractivity contribution in [2.75, 3.05) is 6.61 Å². The van der Waals surface area contributed by atoms with Crippen LogP contribution in [0.3, 0.4) is 0 Å². The Kier molecular flexibility index (Phi) is 7.11. The minimum absolute atomic E-state index is 0.104. The molecule has 1 aromatic carbocycles. The molecule has 0 saturated heterocycles. The highest BCUT2D eigenvalue weighted by molar-refractivity contribution is 5.77. The standard InChI is InChI=1S/C15H20N2O2/c1-2-3-4-10-19-14-7-5-6-13(11-14)12-17-15(18)8-9-16/h5-7,11H,2-4,8,10,12H2,1H3,(H,17,18). The zero-order chi connectivity index (χ0) is 13.9. The molecule has 0 aliphatic heterocycles. The summed E-state index contributed by atoms with van der Waals surface area (Å²) in [7, 11) is 0. The summed E-state index contributed by atoms with van der Waals surface area (Å²) in [5.74, 6) is 0.569. The molecule has 0 atom stereocenters. The first kappa shape index (κ1) is 15.0. The molecule has 0 radical (unpaired) electrons. The second kappa shape index (κ2) is 8.98. The maximum absolute atomic E-state index is 11.2. The maximum atomic E-state index is 11.2. The Bertz CT molecular complexity index is 438. The van der Waals surface area contributed by atoms with Crippen molar-refractivity contribution in [3.8, 4) is 11.8 Å². The van der Waals surface area contributed by atoms with Crippen LogP contribution >= 0.6 is 0 Å². The van der Waals surface area contributed by atoms with Gasteiger partial charge in [-0.2, -0.15) is 5.26 Å². The molecule has 19 heavy (non-hydrogen) atoms. The number of ether oxygens (including phenoxy) is 1. The molecule has 0 unspecified atom stereocenters. The molecule has 0 saturated carbocycles. The van der Waals surface area contributed by atoms with Gasteiger partial charge in [0.1, 0.15) is 12.2 Å². The summed E-state index contributed by atoms with van der Waals surface area (Å²) in [5.41, 5.74) is 0.972. The predicted octanol–water partition coefficient (Wildman–Crippen LogP) is 2.79. The molecule has 1 rings (SSSR count). The van der Waals surface area contributed by atoms with Gasteiger partial charge >= 0.3 is 0 Å². The van der Waals surface area contributed by atoms with E-state index in [1.54, 1.807) is 0 Å². The van der Waals surface area contributed by atoms with Gasteiger partial charge in [0.25, 0.3) is 0 Å². The fourth-order valence-electron chi connectivity index (χ4n) is 1.62. The smallest absolute Gasteiger partial charge is 0.234 e. The quantitative estimate of drug-likeness (QED) is 0.731. The summed E-state index contributed by atoms with van der Waals surface area (Å²) in [5, 5.41) is 11.1. The van der Waals surface area contributed by atoms with E-state index in [0.717, 1.165) is 24.3 Å². The van der Waals surface area contributed by atoms with Crippen molar-refractivity contribution in [3.05, 3.63) is 29.8 Å². The molecular formula is C15H20N2O2. The first-order valence-corrected chi connectivity index (χ1v) is 6.61. The van der Waals surface area contributed by atoms with Gasteiger partial charge in [0, 0.05) is 6.54 Å². The zero-order valence-electron chi connectivity index (χ0n) is 11.3. The second-order valence-corrected chi connectivity index (χ2v) is 4.31. The number of nitriles is 1. The molecule has 0 bridgehead atoms. The van der Waals surface area contributed by atoms with E-state index in [1.165, 1.54) is 12.8 Å². The van der Waals surface area contributed by atoms with Crippen LogP contribution in [0.15, 0.2) is 24.3 Å². The van der Waals surface area contributed by atoms with Crippen LogP contribution in [-0.2, 0) is 11.3 Å². The molecule has 0 aliphatic rings. The highest BCUT2D eigenvalue weighted by Crippen LogP contribution is 2.13. The lowest BCUT2D eigenvalue weighted by atomic mass is 10.2. The van der Waals surface area contributed by atoms with Crippen LogP contribution in [0.1, 0.15) is 38.2 Å². The molecular weight excluding hydrogens is 240 g/mol. The van der Waals surface area contributed by atoms with E-state index in [0.29, 0.717) is 6.54 Å². The van der Waals surface area contributed by atoms with Gasteiger partial charge in [-0.05, 0) is 24.1 Å². The van der Waals surface area contributed by atoms with Crippen molar-refractivity contribution >= 4 is 5.91 Å². The summed E-state index contributed by atoms with van der Waals surface area (Å²) in [6.07, 6.45) is 3.30. The monoisotopic (exact) mass is 260 g/mol. The lowest BCUT2D eigenvalue weighted by Gasteiger charge is -2.08. The van der Waals surface area contributed by atoms with E-state index in [-0.39, 0.29) is 12.3 Å². The topological polar surface area (TPSA) is 62.1 Å². The van der Waals surface area contributed by atoms with Crippen molar-refractivity contribution in [3.63, 3.8) is 0 Å². The first-order chi connectivity index (χ1) is 9.26. The Morgan fingerprint density at radius 1 is 1.42 bits per heavy atom. The average Bonchev–Trinajstić information content (AvgIpc) is 2.42. The van der Waals surface area contributed by atoms with Crippen molar-refractivity contribution in [2.24, 2.45) is 0 Å². The van der Waals surface area contributed by atoms with E-state index in [9.17, 15) is 4.79 Å². The molecule has 1 amide bonds. The molecule has 0 aromatic heterocycles.